The number of carbonyl (C=O) groups is 1. The Kier molecular flexibility index (Phi) is 5.70. The maximum atomic E-state index is 13.3. The van der Waals surface area contributed by atoms with E-state index in [4.69, 9.17) is 25.8 Å². The van der Waals surface area contributed by atoms with E-state index in [-0.39, 0.29) is 12.5 Å². The number of methoxy groups -OCH3 is 1. The average molecular weight is 452 g/mol. The number of amides is 1. The van der Waals surface area contributed by atoms with Crippen molar-refractivity contribution in [2.75, 3.05) is 33.4 Å². The number of halogens is 1. The van der Waals surface area contributed by atoms with Crippen molar-refractivity contribution >= 4 is 39.3 Å². The third-order valence-electron chi connectivity index (χ3n) is 5.56. The number of aromatic nitrogens is 2. The van der Waals surface area contributed by atoms with E-state index in [1.807, 2.05) is 30.3 Å². The molecule has 7 nitrogen and oxygen atoms in total. The number of fused-ring (bicyclic) bond motifs is 3. The lowest BCUT2D eigenvalue weighted by Crippen LogP contribution is -2.41. The van der Waals surface area contributed by atoms with Crippen LogP contribution in [0.2, 0.25) is 5.02 Å². The predicted molar refractivity (Wildman–Crippen MR) is 123 cm³/mol. The van der Waals surface area contributed by atoms with Crippen LogP contribution >= 0.6 is 11.6 Å². The minimum Gasteiger partial charge on any atom is -0.457 e. The fourth-order valence-corrected chi connectivity index (χ4v) is 4.20. The van der Waals surface area contributed by atoms with Crippen LogP contribution in [0.15, 0.2) is 48.7 Å². The van der Waals surface area contributed by atoms with E-state index in [1.165, 1.54) is 0 Å². The fourth-order valence-electron chi connectivity index (χ4n) is 4.07. The first-order valence-electron chi connectivity index (χ1n) is 10.4. The van der Waals surface area contributed by atoms with E-state index in [9.17, 15) is 4.79 Å². The van der Waals surface area contributed by atoms with Crippen LogP contribution in [0, 0.1) is 0 Å². The number of carbonyl (C=O) groups excluding carboxylic acids is 1. The Bertz CT molecular complexity index is 1280. The molecule has 0 saturated carbocycles. The number of hydrogen-bond acceptors (Lipinski definition) is 5. The number of morpholine rings is 1. The molecule has 32 heavy (non-hydrogen) atoms. The summed E-state index contributed by atoms with van der Waals surface area (Å²) in [5, 5.41) is 2.39. The Morgan fingerprint density at radius 1 is 1.12 bits per heavy atom. The summed E-state index contributed by atoms with van der Waals surface area (Å²) >= 11 is 6.01. The van der Waals surface area contributed by atoms with E-state index in [0.29, 0.717) is 48.5 Å². The van der Waals surface area contributed by atoms with Gasteiger partial charge in [-0.05, 0) is 36.4 Å². The second-order valence-corrected chi connectivity index (χ2v) is 8.01. The van der Waals surface area contributed by atoms with Crippen molar-refractivity contribution in [2.45, 2.75) is 6.61 Å². The van der Waals surface area contributed by atoms with Crippen molar-refractivity contribution in [3.05, 3.63) is 64.9 Å². The smallest absolute Gasteiger partial charge is 0.273 e. The molecule has 1 saturated heterocycles. The van der Waals surface area contributed by atoms with E-state index in [1.54, 1.807) is 30.3 Å². The maximum Gasteiger partial charge on any atom is 0.273 e. The Hall–Kier alpha value is -3.13. The van der Waals surface area contributed by atoms with Gasteiger partial charge in [0.05, 0.1) is 42.4 Å². The molecule has 1 N–H and O–H groups in total. The van der Waals surface area contributed by atoms with Crippen molar-refractivity contribution in [3.63, 3.8) is 0 Å². The molecule has 0 unspecified atom stereocenters. The molecule has 4 aromatic rings. The quantitative estimate of drug-likeness (QED) is 0.472. The molecule has 5 rings (SSSR count). The minimum absolute atomic E-state index is 0.118. The molecule has 1 fully saturated rings. The van der Waals surface area contributed by atoms with E-state index in [0.717, 1.165) is 27.4 Å². The second kappa shape index (κ2) is 8.78. The third-order valence-corrected chi connectivity index (χ3v) is 5.81. The molecule has 0 spiro atoms. The van der Waals surface area contributed by atoms with E-state index in [2.05, 4.69) is 9.97 Å². The number of ether oxygens (including phenoxy) is 3. The molecule has 2 aromatic carbocycles. The summed E-state index contributed by atoms with van der Waals surface area (Å²) in [5.74, 6) is 1.22. The molecule has 0 bridgehead atoms. The Morgan fingerprint density at radius 3 is 2.66 bits per heavy atom. The number of hydrogen-bond donors (Lipinski definition) is 1. The third kappa shape index (κ3) is 3.79. The molecule has 0 aliphatic carbocycles. The Morgan fingerprint density at radius 2 is 1.91 bits per heavy atom. The number of H-pyrrole nitrogens is 1. The molecular weight excluding hydrogens is 430 g/mol. The van der Waals surface area contributed by atoms with E-state index < -0.39 is 0 Å². The van der Waals surface area contributed by atoms with E-state index >= 15 is 0 Å². The number of aromatic amines is 1. The molecule has 164 valence electrons. The van der Waals surface area contributed by atoms with Crippen molar-refractivity contribution in [3.8, 4) is 11.5 Å². The van der Waals surface area contributed by atoms with Crippen LogP contribution in [0.1, 0.15) is 16.1 Å². The lowest BCUT2D eigenvalue weighted by atomic mass is 10.0. The number of benzene rings is 2. The zero-order valence-electron chi connectivity index (χ0n) is 17.6. The number of pyridine rings is 1. The SMILES string of the molecule is COCc1c(C(=O)N2CCOCC2)ncc2[nH]c3cccc(Oc4ccc(Cl)cc4)c3c12. The van der Waals surface area contributed by atoms with Gasteiger partial charge in [-0.1, -0.05) is 17.7 Å². The molecule has 1 amide bonds. The summed E-state index contributed by atoms with van der Waals surface area (Å²) in [4.78, 5) is 23.0. The lowest BCUT2D eigenvalue weighted by molar-refractivity contribution is 0.0296. The standard InChI is InChI=1S/C24H22ClN3O4/c1-30-14-17-21-19(13-26-23(17)24(29)28-9-11-31-12-10-28)27-18-3-2-4-20(22(18)21)32-16-7-5-15(25)6-8-16/h2-8,13,27H,9-12,14H2,1H3. The Labute approximate surface area is 189 Å². The summed E-state index contributed by atoms with van der Waals surface area (Å²) in [6.07, 6.45) is 1.70. The first kappa shape index (κ1) is 20.8. The number of nitrogens with one attached hydrogen (secondary N) is 1. The topological polar surface area (TPSA) is 76.7 Å². The van der Waals surface area contributed by atoms with Crippen molar-refractivity contribution in [2.24, 2.45) is 0 Å². The average Bonchev–Trinajstić information content (AvgIpc) is 3.21. The Balaban J connectivity index is 1.67. The number of rotatable bonds is 5. The van der Waals surface area contributed by atoms with Crippen LogP contribution in [0.4, 0.5) is 0 Å². The molecular formula is C24H22ClN3O4. The monoisotopic (exact) mass is 451 g/mol. The molecule has 1 aliphatic heterocycles. The van der Waals surface area contributed by atoms with Gasteiger partial charge in [-0.25, -0.2) is 4.98 Å². The number of nitrogens with zero attached hydrogens (tertiary/aromatic N) is 2. The van der Waals surface area contributed by atoms with Crippen molar-refractivity contribution in [1.82, 2.24) is 14.9 Å². The van der Waals surface area contributed by atoms with Gasteiger partial charge in [-0.3, -0.25) is 4.79 Å². The van der Waals surface area contributed by atoms with Gasteiger partial charge in [0.1, 0.15) is 17.2 Å². The summed E-state index contributed by atoms with van der Waals surface area (Å²) in [6, 6.07) is 13.0. The maximum absolute atomic E-state index is 13.3. The van der Waals surface area contributed by atoms with Crippen LogP contribution in [0.5, 0.6) is 11.5 Å². The van der Waals surface area contributed by atoms with Gasteiger partial charge < -0.3 is 24.1 Å². The highest BCUT2D eigenvalue weighted by Gasteiger charge is 2.25. The van der Waals surface area contributed by atoms with Gasteiger partial charge in [0, 0.05) is 36.2 Å². The molecule has 0 atom stereocenters. The van der Waals surface area contributed by atoms with Gasteiger partial charge in [-0.15, -0.1) is 0 Å². The summed E-state index contributed by atoms with van der Waals surface area (Å²) in [7, 11) is 1.61. The van der Waals surface area contributed by atoms with Gasteiger partial charge in [0.2, 0.25) is 0 Å². The van der Waals surface area contributed by atoms with Gasteiger partial charge in [0.15, 0.2) is 0 Å². The highest BCUT2D eigenvalue weighted by atomic mass is 35.5. The molecule has 2 aromatic heterocycles. The van der Waals surface area contributed by atoms with Crippen LogP contribution in [0.25, 0.3) is 21.8 Å². The molecule has 1 aliphatic rings. The van der Waals surface area contributed by atoms with Crippen molar-refractivity contribution < 1.29 is 19.0 Å². The second-order valence-electron chi connectivity index (χ2n) is 7.57. The summed E-state index contributed by atoms with van der Waals surface area (Å²) in [5.41, 5.74) is 2.84. The van der Waals surface area contributed by atoms with Crippen LogP contribution in [-0.4, -0.2) is 54.2 Å². The zero-order chi connectivity index (χ0) is 22.1. The van der Waals surface area contributed by atoms with Crippen LogP contribution in [-0.2, 0) is 16.1 Å². The molecule has 3 heterocycles. The van der Waals surface area contributed by atoms with Crippen LogP contribution in [0.3, 0.4) is 0 Å². The highest BCUT2D eigenvalue weighted by molar-refractivity contribution is 6.30. The van der Waals surface area contributed by atoms with Gasteiger partial charge in [0.25, 0.3) is 5.91 Å². The normalized spacial score (nSPS) is 14.2. The fraction of sp³-hybridized carbons (Fsp3) is 0.250. The van der Waals surface area contributed by atoms with Crippen LogP contribution < -0.4 is 4.74 Å². The first-order chi connectivity index (χ1) is 15.7. The molecule has 8 heteroatoms. The molecule has 0 radical (unpaired) electrons. The van der Waals surface area contributed by atoms with Gasteiger partial charge >= 0.3 is 0 Å². The lowest BCUT2D eigenvalue weighted by Gasteiger charge is -2.27. The minimum atomic E-state index is -0.118. The largest absolute Gasteiger partial charge is 0.457 e. The van der Waals surface area contributed by atoms with Gasteiger partial charge in [-0.2, -0.15) is 0 Å². The predicted octanol–water partition coefficient (Wildman–Crippen LogP) is 4.78. The summed E-state index contributed by atoms with van der Waals surface area (Å²) in [6.45, 7) is 2.39. The first-order valence-corrected chi connectivity index (χ1v) is 10.7. The zero-order valence-corrected chi connectivity index (χ0v) is 18.3. The highest BCUT2D eigenvalue weighted by Crippen LogP contribution is 2.38. The summed E-state index contributed by atoms with van der Waals surface area (Å²) < 4.78 is 17.1. The van der Waals surface area contributed by atoms with Crippen molar-refractivity contribution in [1.29, 1.82) is 0 Å².